The molecule has 1 saturated heterocycles. The zero-order chi connectivity index (χ0) is 11.8. The van der Waals surface area contributed by atoms with E-state index >= 15 is 0 Å². The fraction of sp³-hybridized carbons (Fsp3) is 0.667. The first-order valence-electron chi connectivity index (χ1n) is 6.10. The standard InChI is InChI=1S/C12H16BrN3O/c1-8-6-16(7-10(17-8)9-2-3-9)12-5-14-11(13)4-15-12/h4-5,8-10H,2-3,6-7H2,1H3/t8-,10-/m1/s1. The number of aromatic nitrogens is 2. The first-order chi connectivity index (χ1) is 8.22. The summed E-state index contributed by atoms with van der Waals surface area (Å²) in [5, 5.41) is 0. The summed E-state index contributed by atoms with van der Waals surface area (Å²) in [6, 6.07) is 0. The van der Waals surface area contributed by atoms with E-state index in [-0.39, 0.29) is 6.10 Å². The van der Waals surface area contributed by atoms with Crippen LogP contribution >= 0.6 is 15.9 Å². The summed E-state index contributed by atoms with van der Waals surface area (Å²) in [7, 11) is 0. The summed E-state index contributed by atoms with van der Waals surface area (Å²) in [5.41, 5.74) is 0. The van der Waals surface area contributed by atoms with Crippen LogP contribution in [-0.2, 0) is 4.74 Å². The summed E-state index contributed by atoms with van der Waals surface area (Å²) in [4.78, 5) is 10.9. The van der Waals surface area contributed by atoms with Gasteiger partial charge in [0.2, 0.25) is 0 Å². The number of ether oxygens (including phenoxy) is 1. The van der Waals surface area contributed by atoms with Gasteiger partial charge in [-0.05, 0) is 41.6 Å². The van der Waals surface area contributed by atoms with Crippen molar-refractivity contribution < 1.29 is 4.74 Å². The number of morpholine rings is 1. The molecule has 0 N–H and O–H groups in total. The molecule has 4 nitrogen and oxygen atoms in total. The van der Waals surface area contributed by atoms with Crippen molar-refractivity contribution in [1.29, 1.82) is 0 Å². The van der Waals surface area contributed by atoms with Crippen molar-refractivity contribution in [3.63, 3.8) is 0 Å². The fourth-order valence-corrected chi connectivity index (χ4v) is 2.58. The molecule has 2 fully saturated rings. The van der Waals surface area contributed by atoms with Crippen LogP contribution in [-0.4, -0.2) is 35.3 Å². The summed E-state index contributed by atoms with van der Waals surface area (Å²) < 4.78 is 6.77. The molecule has 2 atom stereocenters. The van der Waals surface area contributed by atoms with Crippen molar-refractivity contribution in [3.8, 4) is 0 Å². The maximum absolute atomic E-state index is 5.99. The molecule has 0 bridgehead atoms. The Kier molecular flexibility index (Phi) is 3.04. The largest absolute Gasteiger partial charge is 0.371 e. The van der Waals surface area contributed by atoms with E-state index in [0.29, 0.717) is 6.10 Å². The predicted octanol–water partition coefficient (Wildman–Crippen LogP) is 2.24. The van der Waals surface area contributed by atoms with Gasteiger partial charge in [0.05, 0.1) is 24.6 Å². The Morgan fingerprint density at radius 1 is 1.29 bits per heavy atom. The Labute approximate surface area is 110 Å². The summed E-state index contributed by atoms with van der Waals surface area (Å²) >= 11 is 3.31. The highest BCUT2D eigenvalue weighted by molar-refractivity contribution is 9.10. The molecule has 17 heavy (non-hydrogen) atoms. The third kappa shape index (κ3) is 2.60. The zero-order valence-corrected chi connectivity index (χ0v) is 11.4. The number of rotatable bonds is 2. The van der Waals surface area contributed by atoms with Gasteiger partial charge in [-0.25, -0.2) is 9.97 Å². The monoisotopic (exact) mass is 297 g/mol. The van der Waals surface area contributed by atoms with Crippen LogP contribution in [0.2, 0.25) is 0 Å². The Morgan fingerprint density at radius 2 is 2.12 bits per heavy atom. The van der Waals surface area contributed by atoms with Gasteiger partial charge in [0.25, 0.3) is 0 Å². The van der Waals surface area contributed by atoms with Gasteiger partial charge in [0, 0.05) is 13.1 Å². The molecule has 1 aromatic heterocycles. The van der Waals surface area contributed by atoms with E-state index in [1.165, 1.54) is 12.8 Å². The van der Waals surface area contributed by atoms with Crippen LogP contribution in [0.15, 0.2) is 17.0 Å². The van der Waals surface area contributed by atoms with Gasteiger partial charge in [-0.2, -0.15) is 0 Å². The van der Waals surface area contributed by atoms with Crippen molar-refractivity contribution in [2.75, 3.05) is 18.0 Å². The Morgan fingerprint density at radius 3 is 2.76 bits per heavy atom. The molecule has 5 heteroatoms. The third-order valence-electron chi connectivity index (χ3n) is 3.36. The SMILES string of the molecule is C[C@@H]1CN(c2cnc(Br)cn2)C[C@H](C2CC2)O1. The number of hydrogen-bond acceptors (Lipinski definition) is 4. The average Bonchev–Trinajstić information content (AvgIpc) is 3.13. The predicted molar refractivity (Wildman–Crippen MR) is 69.0 cm³/mol. The van der Waals surface area contributed by atoms with E-state index in [1.807, 2.05) is 6.20 Å². The second kappa shape index (κ2) is 4.53. The van der Waals surface area contributed by atoms with E-state index in [4.69, 9.17) is 4.74 Å². The summed E-state index contributed by atoms with van der Waals surface area (Å²) in [6.07, 6.45) is 6.87. The van der Waals surface area contributed by atoms with Gasteiger partial charge >= 0.3 is 0 Å². The molecular weight excluding hydrogens is 282 g/mol. The lowest BCUT2D eigenvalue weighted by Crippen LogP contribution is -2.47. The molecule has 3 rings (SSSR count). The molecule has 0 spiro atoms. The van der Waals surface area contributed by atoms with Crippen LogP contribution in [0.5, 0.6) is 0 Å². The van der Waals surface area contributed by atoms with Crippen LogP contribution in [0.25, 0.3) is 0 Å². The number of halogens is 1. The highest BCUT2D eigenvalue weighted by Gasteiger charge is 2.37. The van der Waals surface area contributed by atoms with Crippen molar-refractivity contribution in [2.45, 2.75) is 32.0 Å². The van der Waals surface area contributed by atoms with Gasteiger partial charge in [-0.1, -0.05) is 0 Å². The molecule has 1 aliphatic heterocycles. The minimum absolute atomic E-state index is 0.278. The van der Waals surface area contributed by atoms with E-state index in [9.17, 15) is 0 Å². The maximum Gasteiger partial charge on any atom is 0.147 e. The topological polar surface area (TPSA) is 38.2 Å². The van der Waals surface area contributed by atoms with Crippen molar-refractivity contribution in [3.05, 3.63) is 17.0 Å². The van der Waals surface area contributed by atoms with E-state index in [1.54, 1.807) is 6.20 Å². The fourth-order valence-electron chi connectivity index (χ4n) is 2.37. The molecule has 1 aliphatic carbocycles. The lowest BCUT2D eigenvalue weighted by molar-refractivity contribution is -0.0273. The molecule has 0 unspecified atom stereocenters. The first kappa shape index (κ1) is 11.4. The number of hydrogen-bond donors (Lipinski definition) is 0. The highest BCUT2D eigenvalue weighted by atomic mass is 79.9. The van der Waals surface area contributed by atoms with Gasteiger partial charge in [0.1, 0.15) is 10.4 Å². The maximum atomic E-state index is 5.99. The van der Waals surface area contributed by atoms with Crippen molar-refractivity contribution >= 4 is 21.7 Å². The molecule has 2 aliphatic rings. The van der Waals surface area contributed by atoms with E-state index < -0.39 is 0 Å². The van der Waals surface area contributed by atoms with Crippen LogP contribution in [0.3, 0.4) is 0 Å². The molecule has 0 aromatic carbocycles. The van der Waals surface area contributed by atoms with Crippen molar-refractivity contribution in [2.24, 2.45) is 5.92 Å². The summed E-state index contributed by atoms with van der Waals surface area (Å²) in [5.74, 6) is 1.72. The number of nitrogens with zero attached hydrogens (tertiary/aromatic N) is 3. The van der Waals surface area contributed by atoms with Gasteiger partial charge in [0.15, 0.2) is 0 Å². The molecule has 2 heterocycles. The lowest BCUT2D eigenvalue weighted by Gasteiger charge is -2.37. The smallest absolute Gasteiger partial charge is 0.147 e. The molecule has 92 valence electrons. The van der Waals surface area contributed by atoms with Crippen LogP contribution in [0.4, 0.5) is 5.82 Å². The molecule has 1 saturated carbocycles. The Hall–Kier alpha value is -0.680. The highest BCUT2D eigenvalue weighted by Crippen LogP contribution is 2.37. The second-order valence-corrected chi connectivity index (χ2v) is 5.74. The minimum atomic E-state index is 0.278. The molecule has 1 aromatic rings. The summed E-state index contributed by atoms with van der Waals surface area (Å²) in [6.45, 7) is 3.98. The third-order valence-corrected chi connectivity index (χ3v) is 3.77. The van der Waals surface area contributed by atoms with Gasteiger partial charge in [-0.3, -0.25) is 0 Å². The van der Waals surface area contributed by atoms with Crippen LogP contribution in [0.1, 0.15) is 19.8 Å². The zero-order valence-electron chi connectivity index (χ0n) is 9.84. The number of anilines is 1. The lowest BCUT2D eigenvalue weighted by atomic mass is 10.1. The second-order valence-electron chi connectivity index (χ2n) is 4.92. The quantitative estimate of drug-likeness (QED) is 0.839. The van der Waals surface area contributed by atoms with Crippen LogP contribution < -0.4 is 4.90 Å². The van der Waals surface area contributed by atoms with E-state index in [2.05, 4.69) is 37.7 Å². The van der Waals surface area contributed by atoms with Gasteiger partial charge in [-0.15, -0.1) is 0 Å². The van der Waals surface area contributed by atoms with Crippen LogP contribution in [0, 0.1) is 5.92 Å². The average molecular weight is 298 g/mol. The van der Waals surface area contributed by atoms with Gasteiger partial charge < -0.3 is 9.64 Å². The Bertz CT molecular complexity index is 393. The molecule has 0 radical (unpaired) electrons. The Balaban J connectivity index is 1.75. The van der Waals surface area contributed by atoms with Crippen molar-refractivity contribution in [1.82, 2.24) is 9.97 Å². The first-order valence-corrected chi connectivity index (χ1v) is 6.89. The molecule has 0 amide bonds. The normalized spacial score (nSPS) is 29.4. The van der Waals surface area contributed by atoms with E-state index in [0.717, 1.165) is 29.4 Å². The molecular formula is C12H16BrN3O. The minimum Gasteiger partial charge on any atom is -0.371 e.